The van der Waals surface area contributed by atoms with E-state index in [9.17, 15) is 0 Å². The van der Waals surface area contributed by atoms with Gasteiger partial charge in [0.05, 0.1) is 29.6 Å². The summed E-state index contributed by atoms with van der Waals surface area (Å²) in [7, 11) is 4.09. The monoisotopic (exact) mass is 300 g/mol. The Morgan fingerprint density at radius 1 is 1.60 bits per heavy atom. The van der Waals surface area contributed by atoms with Crippen LogP contribution in [0.3, 0.4) is 0 Å². The maximum Gasteiger partial charge on any atom is 0.0834 e. The minimum absolute atomic E-state index is 0.0728. The summed E-state index contributed by atoms with van der Waals surface area (Å²) in [5.74, 6) is 0. The Balaban J connectivity index is 1.93. The van der Waals surface area contributed by atoms with Gasteiger partial charge >= 0.3 is 0 Å². The first-order valence-electron chi connectivity index (χ1n) is 7.31. The molecule has 0 bridgehead atoms. The van der Waals surface area contributed by atoms with E-state index < -0.39 is 0 Å². The van der Waals surface area contributed by atoms with E-state index in [2.05, 4.69) is 10.00 Å². The van der Waals surface area contributed by atoms with Crippen LogP contribution < -0.4 is 5.73 Å². The molecule has 2 heterocycles. The van der Waals surface area contributed by atoms with Gasteiger partial charge in [0, 0.05) is 19.2 Å². The Bertz CT molecular complexity index is 415. The third-order valence-electron chi connectivity index (χ3n) is 3.77. The number of nitrogens with zero attached hydrogens (tertiary/aromatic N) is 3. The van der Waals surface area contributed by atoms with Gasteiger partial charge in [-0.25, -0.2) is 0 Å². The van der Waals surface area contributed by atoms with Crippen LogP contribution in [0, 0.1) is 0 Å². The number of aromatic nitrogens is 2. The summed E-state index contributed by atoms with van der Waals surface area (Å²) in [6.45, 7) is 2.62. The Labute approximate surface area is 126 Å². The zero-order chi connectivity index (χ0) is 14.5. The molecule has 20 heavy (non-hydrogen) atoms. The Kier molecular flexibility index (Phi) is 5.84. The summed E-state index contributed by atoms with van der Waals surface area (Å²) in [5.41, 5.74) is 7.26. The van der Waals surface area contributed by atoms with Crippen LogP contribution in [-0.4, -0.2) is 48.0 Å². The molecule has 114 valence electrons. The molecule has 5 nitrogen and oxygen atoms in total. The number of likely N-dealkylation sites (N-methyl/N-ethyl adjacent to an activating group) is 1. The largest absolute Gasteiger partial charge is 0.378 e. The van der Waals surface area contributed by atoms with Crippen molar-refractivity contribution in [2.24, 2.45) is 5.73 Å². The van der Waals surface area contributed by atoms with E-state index in [1.54, 1.807) is 6.20 Å². The highest BCUT2D eigenvalue weighted by Crippen LogP contribution is 2.27. The molecule has 6 heteroatoms. The van der Waals surface area contributed by atoms with Crippen LogP contribution in [0.2, 0.25) is 5.02 Å². The van der Waals surface area contributed by atoms with Crippen LogP contribution in [-0.2, 0) is 11.3 Å². The minimum Gasteiger partial charge on any atom is -0.378 e. The van der Waals surface area contributed by atoms with Crippen molar-refractivity contribution in [3.63, 3.8) is 0 Å². The molecule has 0 aromatic carbocycles. The third kappa shape index (κ3) is 4.19. The van der Waals surface area contributed by atoms with Gasteiger partial charge < -0.3 is 15.4 Å². The number of nitrogens with two attached hydrogens (primary N) is 1. The minimum atomic E-state index is -0.0728. The molecule has 1 aromatic heterocycles. The van der Waals surface area contributed by atoms with Crippen molar-refractivity contribution >= 4 is 11.6 Å². The number of hydrogen-bond acceptors (Lipinski definition) is 4. The van der Waals surface area contributed by atoms with Crippen LogP contribution in [0.1, 0.15) is 37.4 Å². The maximum absolute atomic E-state index is 6.31. The molecule has 2 N–H and O–H groups in total. The zero-order valence-corrected chi connectivity index (χ0v) is 13.1. The number of halogens is 1. The van der Waals surface area contributed by atoms with Crippen LogP contribution in [0.5, 0.6) is 0 Å². The summed E-state index contributed by atoms with van der Waals surface area (Å²) >= 11 is 6.24. The summed E-state index contributed by atoms with van der Waals surface area (Å²) < 4.78 is 7.58. The summed E-state index contributed by atoms with van der Waals surface area (Å²) in [6, 6.07) is -0.0728. The molecule has 2 rings (SSSR count). The van der Waals surface area contributed by atoms with Gasteiger partial charge in [0.15, 0.2) is 0 Å². The van der Waals surface area contributed by atoms with Gasteiger partial charge in [-0.3, -0.25) is 4.68 Å². The number of hydrogen-bond donors (Lipinski definition) is 1. The van der Waals surface area contributed by atoms with Crippen LogP contribution in [0.4, 0.5) is 0 Å². The topological polar surface area (TPSA) is 56.3 Å². The molecule has 0 saturated carbocycles. The highest BCUT2D eigenvalue weighted by molar-refractivity contribution is 6.31. The lowest BCUT2D eigenvalue weighted by molar-refractivity contribution is 0.100. The lowest BCUT2D eigenvalue weighted by Crippen LogP contribution is -2.23. The van der Waals surface area contributed by atoms with E-state index in [4.69, 9.17) is 22.1 Å². The Morgan fingerprint density at radius 3 is 3.05 bits per heavy atom. The van der Waals surface area contributed by atoms with Crippen molar-refractivity contribution in [3.05, 3.63) is 16.9 Å². The van der Waals surface area contributed by atoms with Crippen LogP contribution >= 0.6 is 11.6 Å². The fraction of sp³-hybridized carbons (Fsp3) is 0.786. The molecule has 0 radical (unpaired) electrons. The molecule has 1 aliphatic rings. The fourth-order valence-corrected chi connectivity index (χ4v) is 2.87. The molecule has 2 atom stereocenters. The average Bonchev–Trinajstić information content (AvgIpc) is 3.03. The SMILES string of the molecule is CN(C)CCn1ncc(Cl)c1C(N)CCC1CCCO1. The third-order valence-corrected chi connectivity index (χ3v) is 4.06. The molecule has 1 aromatic rings. The van der Waals surface area contributed by atoms with E-state index in [0.29, 0.717) is 11.1 Å². The first-order chi connectivity index (χ1) is 9.58. The van der Waals surface area contributed by atoms with Crippen molar-refractivity contribution in [1.82, 2.24) is 14.7 Å². The number of ether oxygens (including phenoxy) is 1. The van der Waals surface area contributed by atoms with E-state index in [1.165, 1.54) is 6.42 Å². The molecule has 1 fully saturated rings. The Morgan fingerprint density at radius 2 is 2.40 bits per heavy atom. The molecule has 1 aliphatic heterocycles. The van der Waals surface area contributed by atoms with Crippen molar-refractivity contribution in [3.8, 4) is 0 Å². The second kappa shape index (κ2) is 7.41. The van der Waals surface area contributed by atoms with E-state index >= 15 is 0 Å². The van der Waals surface area contributed by atoms with E-state index in [0.717, 1.165) is 44.7 Å². The lowest BCUT2D eigenvalue weighted by Gasteiger charge is -2.18. The van der Waals surface area contributed by atoms with Gasteiger partial charge in [0.2, 0.25) is 0 Å². The molecule has 0 amide bonds. The second-order valence-corrected chi connectivity index (χ2v) is 6.13. The molecule has 2 unspecified atom stereocenters. The first-order valence-corrected chi connectivity index (χ1v) is 7.69. The van der Waals surface area contributed by atoms with E-state index in [-0.39, 0.29) is 6.04 Å². The number of rotatable bonds is 7. The molecule has 0 aliphatic carbocycles. The van der Waals surface area contributed by atoms with Crippen molar-refractivity contribution in [2.45, 2.75) is 44.4 Å². The van der Waals surface area contributed by atoms with Gasteiger partial charge in [0.1, 0.15) is 0 Å². The second-order valence-electron chi connectivity index (χ2n) is 5.72. The lowest BCUT2D eigenvalue weighted by atomic mass is 10.0. The highest BCUT2D eigenvalue weighted by Gasteiger charge is 2.21. The predicted octanol–water partition coefficient (Wildman–Crippen LogP) is 2.06. The quantitative estimate of drug-likeness (QED) is 0.837. The first kappa shape index (κ1) is 15.8. The maximum atomic E-state index is 6.31. The average molecular weight is 301 g/mol. The Hall–Kier alpha value is -0.620. The molecule has 1 saturated heterocycles. The molecule has 0 spiro atoms. The van der Waals surface area contributed by atoms with Crippen LogP contribution in [0.25, 0.3) is 0 Å². The summed E-state index contributed by atoms with van der Waals surface area (Å²) in [6.07, 6.45) is 6.27. The molecular weight excluding hydrogens is 276 g/mol. The normalized spacial score (nSPS) is 20.8. The van der Waals surface area contributed by atoms with Crippen molar-refractivity contribution < 1.29 is 4.74 Å². The highest BCUT2D eigenvalue weighted by atomic mass is 35.5. The zero-order valence-electron chi connectivity index (χ0n) is 12.4. The van der Waals surface area contributed by atoms with Gasteiger partial charge in [-0.1, -0.05) is 11.6 Å². The predicted molar refractivity (Wildman–Crippen MR) is 80.9 cm³/mol. The van der Waals surface area contributed by atoms with Crippen molar-refractivity contribution in [1.29, 1.82) is 0 Å². The standard InChI is InChI=1S/C14H25ClN4O/c1-18(2)7-8-19-14(12(15)10-17-19)13(16)6-5-11-4-3-9-20-11/h10-11,13H,3-9,16H2,1-2H3. The van der Waals surface area contributed by atoms with Crippen molar-refractivity contribution in [2.75, 3.05) is 27.2 Å². The summed E-state index contributed by atoms with van der Waals surface area (Å²) in [5, 5.41) is 5.01. The van der Waals surface area contributed by atoms with Gasteiger partial charge in [0.25, 0.3) is 0 Å². The van der Waals surface area contributed by atoms with Gasteiger partial charge in [-0.15, -0.1) is 0 Å². The van der Waals surface area contributed by atoms with Gasteiger partial charge in [-0.05, 0) is 39.8 Å². The smallest absolute Gasteiger partial charge is 0.0834 e. The summed E-state index contributed by atoms with van der Waals surface area (Å²) in [4.78, 5) is 2.12. The van der Waals surface area contributed by atoms with E-state index in [1.807, 2.05) is 18.8 Å². The molecular formula is C14H25ClN4O. The van der Waals surface area contributed by atoms with Crippen LogP contribution in [0.15, 0.2) is 6.20 Å². The van der Waals surface area contributed by atoms with Gasteiger partial charge in [-0.2, -0.15) is 5.10 Å². The fourth-order valence-electron chi connectivity index (χ4n) is 2.59.